The predicted octanol–water partition coefficient (Wildman–Crippen LogP) is 3.86. The van der Waals surface area contributed by atoms with E-state index in [4.69, 9.17) is 11.6 Å². The van der Waals surface area contributed by atoms with Crippen LogP contribution in [0.3, 0.4) is 0 Å². The molecule has 21 heavy (non-hydrogen) atoms. The Bertz CT molecular complexity index is 748. The number of rotatable bonds is 5. The van der Waals surface area contributed by atoms with Crippen molar-refractivity contribution >= 4 is 27.3 Å². The van der Waals surface area contributed by atoms with Crippen LogP contribution >= 0.6 is 11.6 Å². The summed E-state index contributed by atoms with van der Waals surface area (Å²) in [5, 5.41) is -0.153. The summed E-state index contributed by atoms with van der Waals surface area (Å²) >= 11 is 5.87. The van der Waals surface area contributed by atoms with Gasteiger partial charge < -0.3 is 0 Å². The van der Waals surface area contributed by atoms with Gasteiger partial charge in [-0.3, -0.25) is 4.31 Å². The highest BCUT2D eigenvalue weighted by Crippen LogP contribution is 2.28. The van der Waals surface area contributed by atoms with E-state index < -0.39 is 15.8 Å². The molecule has 0 aliphatic rings. The molecule has 3 nitrogen and oxygen atoms in total. The lowest BCUT2D eigenvalue weighted by molar-refractivity contribution is 0.591. The summed E-state index contributed by atoms with van der Waals surface area (Å²) in [5.74, 6) is -0.589. The summed E-state index contributed by atoms with van der Waals surface area (Å²) in [5.41, 5.74) is 0.484. The minimum atomic E-state index is -3.90. The van der Waals surface area contributed by atoms with Crippen LogP contribution in [0.1, 0.15) is 0 Å². The van der Waals surface area contributed by atoms with E-state index in [1.165, 1.54) is 10.4 Å². The molecule has 0 spiro atoms. The van der Waals surface area contributed by atoms with E-state index >= 15 is 0 Å². The van der Waals surface area contributed by atoms with Gasteiger partial charge in [0, 0.05) is 0 Å². The normalized spacial score (nSPS) is 11.1. The van der Waals surface area contributed by atoms with Crippen molar-refractivity contribution in [2.75, 3.05) is 10.8 Å². The van der Waals surface area contributed by atoms with Crippen LogP contribution in [0, 0.1) is 5.82 Å². The number of benzene rings is 2. The zero-order valence-electron chi connectivity index (χ0n) is 11.0. The molecule has 0 aliphatic carbocycles. The van der Waals surface area contributed by atoms with E-state index in [0.717, 1.165) is 18.2 Å². The molecule has 0 N–H and O–H groups in total. The highest BCUT2D eigenvalue weighted by atomic mass is 35.5. The van der Waals surface area contributed by atoms with Gasteiger partial charge in [0.2, 0.25) is 0 Å². The Morgan fingerprint density at radius 3 is 2.43 bits per heavy atom. The number of hydrogen-bond donors (Lipinski definition) is 0. The molecule has 2 rings (SSSR count). The van der Waals surface area contributed by atoms with Gasteiger partial charge in [0.25, 0.3) is 10.0 Å². The van der Waals surface area contributed by atoms with Crippen LogP contribution in [0.4, 0.5) is 10.1 Å². The van der Waals surface area contributed by atoms with Crippen LogP contribution in [0.25, 0.3) is 0 Å². The van der Waals surface area contributed by atoms with Gasteiger partial charge in [0.15, 0.2) is 0 Å². The minimum Gasteiger partial charge on any atom is -0.262 e. The molecule has 0 saturated heterocycles. The number of para-hydroxylation sites is 1. The zero-order chi connectivity index (χ0) is 15.5. The number of hydrogen-bond acceptors (Lipinski definition) is 2. The maximum atomic E-state index is 13.1. The molecule has 0 saturated carbocycles. The lowest BCUT2D eigenvalue weighted by Gasteiger charge is -2.23. The van der Waals surface area contributed by atoms with Gasteiger partial charge in [0.1, 0.15) is 10.7 Å². The molecule has 0 bridgehead atoms. The summed E-state index contributed by atoms with van der Waals surface area (Å²) in [6.45, 7) is 3.65. The van der Waals surface area contributed by atoms with Crippen molar-refractivity contribution in [3.63, 3.8) is 0 Å². The second-order valence-corrected chi connectivity index (χ2v) is 6.47. The molecular weight excluding hydrogens is 313 g/mol. The Balaban J connectivity index is 2.55. The topological polar surface area (TPSA) is 37.4 Å². The van der Waals surface area contributed by atoms with Gasteiger partial charge in [-0.05, 0) is 30.3 Å². The lowest BCUT2D eigenvalue weighted by Crippen LogP contribution is -2.31. The third-order valence-electron chi connectivity index (χ3n) is 2.80. The van der Waals surface area contributed by atoms with E-state index in [-0.39, 0.29) is 16.5 Å². The van der Waals surface area contributed by atoms with Crippen molar-refractivity contribution in [1.82, 2.24) is 0 Å². The molecule has 0 radical (unpaired) electrons. The highest BCUT2D eigenvalue weighted by molar-refractivity contribution is 7.93. The molecule has 6 heteroatoms. The average Bonchev–Trinajstić information content (AvgIpc) is 2.45. The van der Waals surface area contributed by atoms with E-state index in [2.05, 4.69) is 6.58 Å². The van der Waals surface area contributed by atoms with Crippen molar-refractivity contribution in [1.29, 1.82) is 0 Å². The Morgan fingerprint density at radius 2 is 1.86 bits per heavy atom. The van der Waals surface area contributed by atoms with Crippen LogP contribution in [-0.2, 0) is 10.0 Å². The van der Waals surface area contributed by atoms with Crippen LogP contribution in [-0.4, -0.2) is 15.0 Å². The number of halogens is 2. The zero-order valence-corrected chi connectivity index (χ0v) is 12.6. The maximum Gasteiger partial charge on any atom is 0.266 e. The largest absolute Gasteiger partial charge is 0.266 e. The Hall–Kier alpha value is -1.85. The van der Waals surface area contributed by atoms with Gasteiger partial charge >= 0.3 is 0 Å². The SMILES string of the molecule is C=CCN(c1ccccc1)S(=O)(=O)c1ccc(F)cc1Cl. The van der Waals surface area contributed by atoms with Crippen molar-refractivity contribution in [3.05, 3.63) is 72.0 Å². The molecule has 2 aromatic carbocycles. The Kier molecular flexibility index (Phi) is 4.65. The molecule has 110 valence electrons. The van der Waals surface area contributed by atoms with Crippen molar-refractivity contribution in [3.8, 4) is 0 Å². The standard InChI is InChI=1S/C15H13ClFNO2S/c1-2-10-18(13-6-4-3-5-7-13)21(19,20)15-9-8-12(17)11-14(15)16/h2-9,11H,1,10H2. The summed E-state index contributed by atoms with van der Waals surface area (Å²) in [6.07, 6.45) is 1.47. The van der Waals surface area contributed by atoms with E-state index in [1.807, 2.05) is 0 Å². The van der Waals surface area contributed by atoms with Crippen LogP contribution in [0.5, 0.6) is 0 Å². The molecule has 0 aliphatic heterocycles. The van der Waals surface area contributed by atoms with Gasteiger partial charge in [-0.15, -0.1) is 6.58 Å². The third-order valence-corrected chi connectivity index (χ3v) is 5.08. The quantitative estimate of drug-likeness (QED) is 0.783. The molecule has 0 unspecified atom stereocenters. The van der Waals surface area contributed by atoms with Gasteiger partial charge in [-0.2, -0.15) is 0 Å². The molecule has 0 amide bonds. The first-order chi connectivity index (χ1) is 9.96. The van der Waals surface area contributed by atoms with Crippen LogP contribution in [0.2, 0.25) is 5.02 Å². The van der Waals surface area contributed by atoms with Crippen molar-refractivity contribution < 1.29 is 12.8 Å². The van der Waals surface area contributed by atoms with Crippen LogP contribution < -0.4 is 4.31 Å². The molecular formula is C15H13ClFNO2S. The molecule has 0 fully saturated rings. The third kappa shape index (κ3) is 3.25. The first-order valence-electron chi connectivity index (χ1n) is 6.10. The summed E-state index contributed by atoms with van der Waals surface area (Å²) in [7, 11) is -3.90. The average molecular weight is 326 g/mol. The Labute approximate surface area is 128 Å². The van der Waals surface area contributed by atoms with Crippen LogP contribution in [0.15, 0.2) is 66.1 Å². The summed E-state index contributed by atoms with van der Waals surface area (Å²) in [6, 6.07) is 11.8. The predicted molar refractivity (Wildman–Crippen MR) is 82.6 cm³/mol. The molecule has 0 aromatic heterocycles. The van der Waals surface area contributed by atoms with E-state index in [1.54, 1.807) is 30.3 Å². The lowest BCUT2D eigenvalue weighted by atomic mass is 10.3. The molecule has 0 atom stereocenters. The summed E-state index contributed by atoms with van der Waals surface area (Å²) in [4.78, 5) is -0.142. The fourth-order valence-electron chi connectivity index (χ4n) is 1.86. The van der Waals surface area contributed by atoms with Gasteiger partial charge in [-0.1, -0.05) is 35.9 Å². The molecule has 2 aromatic rings. The first-order valence-corrected chi connectivity index (χ1v) is 7.92. The minimum absolute atomic E-state index is 0.0834. The van der Waals surface area contributed by atoms with Crippen molar-refractivity contribution in [2.45, 2.75) is 4.90 Å². The fraction of sp³-hybridized carbons (Fsp3) is 0.0667. The fourth-order valence-corrected chi connectivity index (χ4v) is 3.80. The molecule has 0 heterocycles. The first kappa shape index (κ1) is 15.5. The Morgan fingerprint density at radius 1 is 1.19 bits per heavy atom. The maximum absolute atomic E-state index is 13.1. The monoisotopic (exact) mass is 325 g/mol. The second-order valence-electron chi connectivity index (χ2n) is 4.24. The number of anilines is 1. The highest BCUT2D eigenvalue weighted by Gasteiger charge is 2.26. The van der Waals surface area contributed by atoms with Gasteiger partial charge in [-0.25, -0.2) is 12.8 Å². The number of nitrogens with zero attached hydrogens (tertiary/aromatic N) is 1. The smallest absolute Gasteiger partial charge is 0.262 e. The van der Waals surface area contributed by atoms with E-state index in [9.17, 15) is 12.8 Å². The summed E-state index contributed by atoms with van der Waals surface area (Å²) < 4.78 is 39.7. The second kappa shape index (κ2) is 6.28. The van der Waals surface area contributed by atoms with Crippen molar-refractivity contribution in [2.24, 2.45) is 0 Å². The van der Waals surface area contributed by atoms with Gasteiger partial charge in [0.05, 0.1) is 17.3 Å². The van der Waals surface area contributed by atoms with E-state index in [0.29, 0.717) is 5.69 Å². The number of sulfonamides is 1.